The van der Waals surface area contributed by atoms with E-state index in [0.29, 0.717) is 24.6 Å². The summed E-state index contributed by atoms with van der Waals surface area (Å²) in [5.74, 6) is 0.681. The Labute approximate surface area is 128 Å². The third-order valence-electron chi connectivity index (χ3n) is 3.29. The highest BCUT2D eigenvalue weighted by Crippen LogP contribution is 2.21. The number of ether oxygens (including phenoxy) is 4. The average molecular weight is 311 g/mol. The Balaban J connectivity index is 2.31. The van der Waals surface area contributed by atoms with Gasteiger partial charge in [0.1, 0.15) is 11.8 Å². The van der Waals surface area contributed by atoms with E-state index < -0.39 is 12.6 Å². The molecule has 0 aliphatic heterocycles. The van der Waals surface area contributed by atoms with E-state index in [1.165, 1.54) is 6.33 Å². The van der Waals surface area contributed by atoms with E-state index in [1.54, 1.807) is 34.8 Å². The Morgan fingerprint density at radius 3 is 2.09 bits per heavy atom. The molecule has 0 aromatic carbocycles. The van der Waals surface area contributed by atoms with Crippen molar-refractivity contribution >= 4 is 17.0 Å². The maximum Gasteiger partial charge on any atom is 0.182 e. The van der Waals surface area contributed by atoms with Crippen LogP contribution in [0.15, 0.2) is 12.7 Å². The number of aromatic nitrogens is 4. The Morgan fingerprint density at radius 2 is 1.55 bits per heavy atom. The number of aromatic amines is 1. The summed E-state index contributed by atoms with van der Waals surface area (Å²) < 4.78 is 21.1. The number of rotatable bonds is 9. The van der Waals surface area contributed by atoms with Crippen molar-refractivity contribution in [1.82, 2.24) is 19.9 Å². The number of hydrogen-bond acceptors (Lipinski definition) is 8. The van der Waals surface area contributed by atoms with Gasteiger partial charge < -0.3 is 28.8 Å². The van der Waals surface area contributed by atoms with Crippen LogP contribution in [0.1, 0.15) is 0 Å². The number of hydrogen-bond donors (Lipinski definition) is 1. The van der Waals surface area contributed by atoms with Crippen LogP contribution < -0.4 is 4.90 Å². The highest BCUT2D eigenvalue weighted by Gasteiger charge is 2.22. The quantitative estimate of drug-likeness (QED) is 0.665. The monoisotopic (exact) mass is 311 g/mol. The van der Waals surface area contributed by atoms with Crippen molar-refractivity contribution < 1.29 is 18.9 Å². The zero-order valence-corrected chi connectivity index (χ0v) is 13.1. The van der Waals surface area contributed by atoms with Gasteiger partial charge in [0.05, 0.1) is 19.4 Å². The molecule has 122 valence electrons. The predicted octanol–water partition coefficient (Wildman–Crippen LogP) is 0.397. The summed E-state index contributed by atoms with van der Waals surface area (Å²) in [6, 6.07) is 0. The molecule has 2 heterocycles. The molecule has 22 heavy (non-hydrogen) atoms. The second kappa shape index (κ2) is 7.99. The first kappa shape index (κ1) is 16.6. The van der Waals surface area contributed by atoms with Crippen LogP contribution in [0.3, 0.4) is 0 Å². The van der Waals surface area contributed by atoms with Gasteiger partial charge in [-0.2, -0.15) is 0 Å². The molecule has 0 bridgehead atoms. The van der Waals surface area contributed by atoms with Gasteiger partial charge in [-0.3, -0.25) is 0 Å². The molecular weight excluding hydrogens is 290 g/mol. The number of imidazole rings is 1. The molecule has 0 aliphatic carbocycles. The van der Waals surface area contributed by atoms with Gasteiger partial charge in [0, 0.05) is 28.4 Å². The number of fused-ring (bicyclic) bond motifs is 1. The number of H-pyrrole nitrogens is 1. The van der Waals surface area contributed by atoms with Gasteiger partial charge in [-0.05, 0) is 0 Å². The minimum absolute atomic E-state index is 0.415. The van der Waals surface area contributed by atoms with Crippen LogP contribution in [0, 0.1) is 0 Å². The number of methoxy groups -OCH3 is 4. The van der Waals surface area contributed by atoms with Crippen molar-refractivity contribution in [2.45, 2.75) is 12.6 Å². The van der Waals surface area contributed by atoms with Crippen LogP contribution >= 0.6 is 0 Å². The minimum atomic E-state index is -0.415. The Bertz CT molecular complexity index is 556. The van der Waals surface area contributed by atoms with E-state index in [-0.39, 0.29) is 0 Å². The van der Waals surface area contributed by atoms with E-state index in [9.17, 15) is 0 Å². The molecule has 0 radical (unpaired) electrons. The van der Waals surface area contributed by atoms with Crippen molar-refractivity contribution in [3.63, 3.8) is 0 Å². The van der Waals surface area contributed by atoms with Gasteiger partial charge in [0.2, 0.25) is 0 Å². The summed E-state index contributed by atoms with van der Waals surface area (Å²) in [5.41, 5.74) is 1.33. The molecule has 1 N–H and O–H groups in total. The number of anilines is 1. The zero-order valence-electron chi connectivity index (χ0n) is 13.1. The van der Waals surface area contributed by atoms with Crippen LogP contribution in [-0.4, -0.2) is 74.0 Å². The van der Waals surface area contributed by atoms with Crippen molar-refractivity contribution in [3.8, 4) is 0 Å². The maximum absolute atomic E-state index is 5.28. The standard InChI is InChI=1S/C13H21N5O4/c1-19-9(20-2)5-18(6-10(21-3)22-4)13-11-12(15-7-14-11)16-8-17-13/h7-10H,5-6H2,1-4H3,(H,14,15,16,17). The van der Waals surface area contributed by atoms with Crippen molar-refractivity contribution in [2.24, 2.45) is 0 Å². The SMILES string of the molecule is COC(CN(CC(OC)OC)c1ncnc2nc[nH]c12)OC. The normalized spacial score (nSPS) is 11.7. The molecule has 0 saturated carbocycles. The molecule has 2 rings (SSSR count). The predicted molar refractivity (Wildman–Crippen MR) is 79.5 cm³/mol. The average Bonchev–Trinajstić information content (AvgIpc) is 3.04. The molecule has 2 aromatic heterocycles. The van der Waals surface area contributed by atoms with E-state index in [1.807, 2.05) is 4.90 Å². The molecule has 9 heteroatoms. The fraction of sp³-hybridized carbons (Fsp3) is 0.615. The summed E-state index contributed by atoms with van der Waals surface area (Å²) in [7, 11) is 6.34. The van der Waals surface area contributed by atoms with Gasteiger partial charge in [-0.15, -0.1) is 0 Å². The highest BCUT2D eigenvalue weighted by molar-refractivity contribution is 5.82. The lowest BCUT2D eigenvalue weighted by Gasteiger charge is -2.29. The summed E-state index contributed by atoms with van der Waals surface area (Å²) in [6.07, 6.45) is 2.22. The lowest BCUT2D eigenvalue weighted by atomic mass is 10.3. The first-order chi connectivity index (χ1) is 10.7. The Hall–Kier alpha value is -1.81. The van der Waals surface area contributed by atoms with Crippen molar-refractivity contribution in [1.29, 1.82) is 0 Å². The molecule has 0 amide bonds. The summed E-state index contributed by atoms with van der Waals surface area (Å²) >= 11 is 0. The largest absolute Gasteiger partial charge is 0.354 e. The van der Waals surface area contributed by atoms with Crippen LogP contribution in [0.2, 0.25) is 0 Å². The fourth-order valence-electron chi connectivity index (χ4n) is 2.09. The van der Waals surface area contributed by atoms with Gasteiger partial charge in [0.15, 0.2) is 24.0 Å². The van der Waals surface area contributed by atoms with Gasteiger partial charge in [-0.1, -0.05) is 0 Å². The van der Waals surface area contributed by atoms with Crippen LogP contribution in [0.4, 0.5) is 5.82 Å². The van der Waals surface area contributed by atoms with E-state index in [0.717, 1.165) is 5.52 Å². The molecule has 0 spiro atoms. The van der Waals surface area contributed by atoms with Gasteiger partial charge in [-0.25, -0.2) is 15.0 Å². The highest BCUT2D eigenvalue weighted by atomic mass is 16.7. The smallest absolute Gasteiger partial charge is 0.182 e. The lowest BCUT2D eigenvalue weighted by Crippen LogP contribution is -2.41. The molecule has 0 fully saturated rings. The Morgan fingerprint density at radius 1 is 0.955 bits per heavy atom. The van der Waals surface area contributed by atoms with Crippen LogP contribution in [0.5, 0.6) is 0 Å². The van der Waals surface area contributed by atoms with E-state index >= 15 is 0 Å². The van der Waals surface area contributed by atoms with Gasteiger partial charge >= 0.3 is 0 Å². The first-order valence-electron chi connectivity index (χ1n) is 6.73. The van der Waals surface area contributed by atoms with Crippen molar-refractivity contribution in [2.75, 3.05) is 46.4 Å². The second-order valence-electron chi connectivity index (χ2n) is 4.51. The third-order valence-corrected chi connectivity index (χ3v) is 3.29. The third kappa shape index (κ3) is 3.69. The summed E-state index contributed by atoms with van der Waals surface area (Å²) in [5, 5.41) is 0. The number of nitrogens with one attached hydrogen (secondary N) is 1. The molecule has 0 atom stereocenters. The van der Waals surface area contributed by atoms with E-state index in [2.05, 4.69) is 19.9 Å². The molecule has 0 saturated heterocycles. The first-order valence-corrected chi connectivity index (χ1v) is 6.73. The molecule has 0 aliphatic rings. The van der Waals surface area contributed by atoms with Crippen LogP contribution in [0.25, 0.3) is 11.2 Å². The lowest BCUT2D eigenvalue weighted by molar-refractivity contribution is -0.108. The molecule has 0 unspecified atom stereocenters. The van der Waals surface area contributed by atoms with Crippen molar-refractivity contribution in [3.05, 3.63) is 12.7 Å². The fourth-order valence-corrected chi connectivity index (χ4v) is 2.09. The van der Waals surface area contributed by atoms with E-state index in [4.69, 9.17) is 18.9 Å². The second-order valence-corrected chi connectivity index (χ2v) is 4.51. The topological polar surface area (TPSA) is 94.6 Å². The van der Waals surface area contributed by atoms with Crippen LogP contribution in [-0.2, 0) is 18.9 Å². The summed E-state index contributed by atoms with van der Waals surface area (Å²) in [4.78, 5) is 17.6. The van der Waals surface area contributed by atoms with Gasteiger partial charge in [0.25, 0.3) is 0 Å². The maximum atomic E-state index is 5.28. The molecule has 9 nitrogen and oxygen atoms in total. The Kier molecular flexibility index (Phi) is 6.01. The molecule has 2 aromatic rings. The summed E-state index contributed by atoms with van der Waals surface area (Å²) in [6.45, 7) is 0.892. The zero-order chi connectivity index (χ0) is 15.9. The molecular formula is C13H21N5O4. The number of nitrogens with zero attached hydrogens (tertiary/aromatic N) is 4. The minimum Gasteiger partial charge on any atom is -0.354 e.